The monoisotopic (exact) mass is 438 g/mol. The van der Waals surface area contributed by atoms with Crippen LogP contribution in [0.15, 0.2) is 36.5 Å². The van der Waals surface area contributed by atoms with E-state index < -0.39 is 0 Å². The molecule has 2 amide bonds. The number of hydrogen-bond donors (Lipinski definition) is 1. The molecule has 4 rings (SSSR count). The second-order valence-corrected chi connectivity index (χ2v) is 9.35. The molecule has 0 spiro atoms. The van der Waals surface area contributed by atoms with Gasteiger partial charge in [0.2, 0.25) is 12.7 Å². The maximum atomic E-state index is 12.9. The number of carbonyl (C=O) groups excluding carboxylic acids is 2. The fourth-order valence-electron chi connectivity index (χ4n) is 3.89. The van der Waals surface area contributed by atoms with Gasteiger partial charge in [0, 0.05) is 45.3 Å². The van der Waals surface area contributed by atoms with Gasteiger partial charge in [-0.3, -0.25) is 9.59 Å². The number of fused-ring (bicyclic) bond motifs is 1. The Morgan fingerprint density at radius 3 is 2.56 bits per heavy atom. The minimum absolute atomic E-state index is 0.0293. The fraction of sp³-hybridized carbons (Fsp3) is 0.458. The lowest BCUT2D eigenvalue weighted by Gasteiger charge is -2.37. The normalized spacial score (nSPS) is 15.6. The largest absolute Gasteiger partial charge is 0.454 e. The summed E-state index contributed by atoms with van der Waals surface area (Å²) in [6.45, 7) is 9.37. The van der Waals surface area contributed by atoms with Gasteiger partial charge in [0.05, 0.1) is 5.56 Å². The first-order valence-corrected chi connectivity index (χ1v) is 10.9. The highest BCUT2D eigenvalue weighted by Gasteiger charge is 2.27. The topological polar surface area (TPSA) is 84.0 Å². The number of nitrogens with one attached hydrogen (secondary N) is 1. The first-order chi connectivity index (χ1) is 15.3. The molecule has 8 heteroatoms. The highest BCUT2D eigenvalue weighted by molar-refractivity contribution is 5.98. The SMILES string of the molecule is CC(C)(C)CC(=O)N1CCN(c2ncccc2C(=O)NCc2ccc3c(c2)OCO3)CC1. The molecule has 0 bridgehead atoms. The summed E-state index contributed by atoms with van der Waals surface area (Å²) < 4.78 is 10.7. The number of ether oxygens (including phenoxy) is 2. The van der Waals surface area contributed by atoms with Crippen molar-refractivity contribution in [2.24, 2.45) is 5.41 Å². The van der Waals surface area contributed by atoms with E-state index in [0.29, 0.717) is 56.3 Å². The van der Waals surface area contributed by atoms with E-state index in [2.05, 4.69) is 36.0 Å². The summed E-state index contributed by atoms with van der Waals surface area (Å²) in [6, 6.07) is 9.18. The van der Waals surface area contributed by atoms with Crippen LogP contribution in [0.1, 0.15) is 43.1 Å². The van der Waals surface area contributed by atoms with Crippen LogP contribution in [-0.4, -0.2) is 54.7 Å². The zero-order valence-corrected chi connectivity index (χ0v) is 18.9. The maximum absolute atomic E-state index is 12.9. The predicted molar refractivity (Wildman–Crippen MR) is 121 cm³/mol. The van der Waals surface area contributed by atoms with E-state index in [1.807, 2.05) is 23.1 Å². The third kappa shape index (κ3) is 5.12. The number of anilines is 1. The number of carbonyl (C=O) groups is 2. The van der Waals surface area contributed by atoms with E-state index in [9.17, 15) is 9.59 Å². The van der Waals surface area contributed by atoms with Crippen molar-refractivity contribution >= 4 is 17.6 Å². The van der Waals surface area contributed by atoms with Crippen molar-refractivity contribution in [2.45, 2.75) is 33.7 Å². The Hall–Kier alpha value is -3.29. The smallest absolute Gasteiger partial charge is 0.255 e. The van der Waals surface area contributed by atoms with Crippen molar-refractivity contribution in [3.63, 3.8) is 0 Å². The molecule has 0 unspecified atom stereocenters. The molecule has 0 saturated carbocycles. The molecule has 2 aliphatic heterocycles. The Balaban J connectivity index is 1.37. The summed E-state index contributed by atoms with van der Waals surface area (Å²) in [5.41, 5.74) is 1.43. The molecule has 32 heavy (non-hydrogen) atoms. The second-order valence-electron chi connectivity index (χ2n) is 9.35. The summed E-state index contributed by atoms with van der Waals surface area (Å²) in [5, 5.41) is 2.97. The molecule has 1 N–H and O–H groups in total. The van der Waals surface area contributed by atoms with Crippen molar-refractivity contribution in [2.75, 3.05) is 37.9 Å². The van der Waals surface area contributed by atoms with Crippen LogP contribution in [0.5, 0.6) is 11.5 Å². The molecular weight excluding hydrogens is 408 g/mol. The number of nitrogens with zero attached hydrogens (tertiary/aromatic N) is 3. The molecule has 1 aromatic heterocycles. The predicted octanol–water partition coefficient (Wildman–Crippen LogP) is 2.83. The number of rotatable bonds is 5. The summed E-state index contributed by atoms with van der Waals surface area (Å²) in [7, 11) is 0. The molecule has 0 radical (unpaired) electrons. The molecule has 1 saturated heterocycles. The molecule has 1 aromatic carbocycles. The lowest BCUT2D eigenvalue weighted by atomic mass is 9.91. The van der Waals surface area contributed by atoms with Crippen LogP contribution in [0, 0.1) is 5.41 Å². The van der Waals surface area contributed by atoms with Gasteiger partial charge >= 0.3 is 0 Å². The van der Waals surface area contributed by atoms with Crippen LogP contribution in [0.3, 0.4) is 0 Å². The van der Waals surface area contributed by atoms with Gasteiger partial charge < -0.3 is 24.6 Å². The van der Waals surface area contributed by atoms with Gasteiger partial charge in [-0.1, -0.05) is 26.8 Å². The Bertz CT molecular complexity index is 994. The Morgan fingerprint density at radius 1 is 1.06 bits per heavy atom. The van der Waals surface area contributed by atoms with Gasteiger partial charge in [0.15, 0.2) is 11.5 Å². The molecule has 0 aliphatic carbocycles. The van der Waals surface area contributed by atoms with Crippen LogP contribution >= 0.6 is 0 Å². The van der Waals surface area contributed by atoms with Crippen LogP contribution in [-0.2, 0) is 11.3 Å². The molecular formula is C24H30N4O4. The molecule has 2 aromatic rings. The molecule has 2 aliphatic rings. The highest BCUT2D eigenvalue weighted by atomic mass is 16.7. The van der Waals surface area contributed by atoms with Crippen molar-refractivity contribution in [1.82, 2.24) is 15.2 Å². The number of amides is 2. The van der Waals surface area contributed by atoms with Crippen molar-refractivity contribution < 1.29 is 19.1 Å². The molecule has 0 atom stereocenters. The quantitative estimate of drug-likeness (QED) is 0.773. The van der Waals surface area contributed by atoms with Gasteiger partial charge in [-0.15, -0.1) is 0 Å². The number of piperazine rings is 1. The third-order valence-corrected chi connectivity index (χ3v) is 5.53. The van der Waals surface area contributed by atoms with Crippen molar-refractivity contribution in [3.8, 4) is 11.5 Å². The van der Waals surface area contributed by atoms with Crippen molar-refractivity contribution in [1.29, 1.82) is 0 Å². The van der Waals surface area contributed by atoms with Gasteiger partial charge in [-0.2, -0.15) is 0 Å². The van der Waals surface area contributed by atoms with E-state index in [1.54, 1.807) is 18.3 Å². The zero-order chi connectivity index (χ0) is 22.7. The number of hydrogen-bond acceptors (Lipinski definition) is 6. The third-order valence-electron chi connectivity index (χ3n) is 5.53. The van der Waals surface area contributed by atoms with Crippen LogP contribution in [0.2, 0.25) is 0 Å². The summed E-state index contributed by atoms with van der Waals surface area (Å²) in [4.78, 5) is 33.9. The fourth-order valence-corrected chi connectivity index (χ4v) is 3.89. The second kappa shape index (κ2) is 9.06. The Morgan fingerprint density at radius 2 is 1.81 bits per heavy atom. The Kier molecular flexibility index (Phi) is 6.21. The van der Waals surface area contributed by atoms with E-state index in [0.717, 1.165) is 11.3 Å². The standard InChI is InChI=1S/C24H30N4O4/c1-24(2,3)14-21(29)27-9-11-28(12-10-27)22-18(5-4-8-25-22)23(30)26-15-17-6-7-19-20(13-17)32-16-31-19/h4-8,13H,9-12,14-16H2,1-3H3,(H,26,30). The summed E-state index contributed by atoms with van der Waals surface area (Å²) in [6.07, 6.45) is 2.23. The lowest BCUT2D eigenvalue weighted by Crippen LogP contribution is -2.50. The molecule has 170 valence electrons. The first-order valence-electron chi connectivity index (χ1n) is 10.9. The molecule has 8 nitrogen and oxygen atoms in total. The number of benzene rings is 1. The van der Waals surface area contributed by atoms with Gasteiger partial charge in [0.1, 0.15) is 5.82 Å². The average molecular weight is 439 g/mol. The number of aromatic nitrogens is 1. The summed E-state index contributed by atoms with van der Waals surface area (Å²) in [5.74, 6) is 2.06. The average Bonchev–Trinajstić information content (AvgIpc) is 3.24. The Labute approximate surface area is 188 Å². The highest BCUT2D eigenvalue weighted by Crippen LogP contribution is 2.32. The van der Waals surface area contributed by atoms with E-state index in [4.69, 9.17) is 9.47 Å². The van der Waals surface area contributed by atoms with Gasteiger partial charge in [0.25, 0.3) is 5.91 Å². The number of pyridine rings is 1. The van der Waals surface area contributed by atoms with Crippen LogP contribution in [0.4, 0.5) is 5.82 Å². The minimum atomic E-state index is -0.183. The van der Waals surface area contributed by atoms with E-state index >= 15 is 0 Å². The summed E-state index contributed by atoms with van der Waals surface area (Å²) >= 11 is 0. The maximum Gasteiger partial charge on any atom is 0.255 e. The van der Waals surface area contributed by atoms with Crippen molar-refractivity contribution in [3.05, 3.63) is 47.7 Å². The van der Waals surface area contributed by atoms with Crippen LogP contribution in [0.25, 0.3) is 0 Å². The van der Waals surface area contributed by atoms with E-state index in [1.165, 1.54) is 0 Å². The minimum Gasteiger partial charge on any atom is -0.454 e. The molecule has 1 fully saturated rings. The van der Waals surface area contributed by atoms with Crippen LogP contribution < -0.4 is 19.7 Å². The van der Waals surface area contributed by atoms with Gasteiger partial charge in [-0.25, -0.2) is 4.98 Å². The van der Waals surface area contributed by atoms with E-state index in [-0.39, 0.29) is 24.0 Å². The lowest BCUT2D eigenvalue weighted by molar-refractivity contribution is -0.133. The van der Waals surface area contributed by atoms with Gasteiger partial charge in [-0.05, 0) is 35.2 Å². The molecule has 3 heterocycles. The zero-order valence-electron chi connectivity index (χ0n) is 18.9. The first kappa shape index (κ1) is 21.9.